The maximum Gasteiger partial charge on any atom is 0.274 e. The van der Waals surface area contributed by atoms with Crippen LogP contribution in [-0.4, -0.2) is 41.2 Å². The average Bonchev–Trinajstić information content (AvgIpc) is 3.08. The Hall–Kier alpha value is -2.52. The van der Waals surface area contributed by atoms with Gasteiger partial charge in [0.05, 0.1) is 12.7 Å². The van der Waals surface area contributed by atoms with Crippen LogP contribution in [0.15, 0.2) is 47.6 Å². The first kappa shape index (κ1) is 18.8. The summed E-state index contributed by atoms with van der Waals surface area (Å²) in [5.41, 5.74) is 5.65. The number of aromatic nitrogens is 1. The highest BCUT2D eigenvalue weighted by Gasteiger charge is 2.54. The Morgan fingerprint density at radius 1 is 1.39 bits per heavy atom. The number of alkyl halides is 1. The molecule has 1 fully saturated rings. The summed E-state index contributed by atoms with van der Waals surface area (Å²) in [6.45, 7) is -0.651. The smallest absolute Gasteiger partial charge is 0.274 e. The average molecular weight is 404 g/mol. The van der Waals surface area contributed by atoms with Crippen LogP contribution >= 0.6 is 11.8 Å². The molecule has 2 aliphatic rings. The molecule has 28 heavy (non-hydrogen) atoms. The van der Waals surface area contributed by atoms with Gasteiger partial charge in [0.2, 0.25) is 0 Å². The predicted molar refractivity (Wildman–Crippen MR) is 104 cm³/mol. The van der Waals surface area contributed by atoms with Crippen LogP contribution in [0.5, 0.6) is 0 Å². The number of nitrogens with one attached hydrogen (secondary N) is 1. The number of fused-ring (bicyclic) bond motifs is 1. The Bertz CT molecular complexity index is 927. The molecular weight excluding hydrogens is 386 g/mol. The van der Waals surface area contributed by atoms with Crippen LogP contribution in [0.3, 0.4) is 0 Å². The molecule has 146 valence electrons. The van der Waals surface area contributed by atoms with Gasteiger partial charge in [-0.1, -0.05) is 17.8 Å². The van der Waals surface area contributed by atoms with Gasteiger partial charge in [-0.3, -0.25) is 9.78 Å². The first-order valence-electron chi connectivity index (χ1n) is 8.71. The number of pyridine rings is 1. The van der Waals surface area contributed by atoms with E-state index < -0.39 is 30.0 Å². The molecule has 1 saturated heterocycles. The standard InChI is InChI=1S/C19H18F2N4O2S/c20-8-16-13-9-28-18(22)25-19(13,10-27-16)12-7-11(4-5-14(12)21)24-17(26)15-3-1-2-6-23-15/h1-7,13,16H,8-10H2,(H2,22,25)(H,24,26). The second-order valence-electron chi connectivity index (χ2n) is 6.66. The van der Waals surface area contributed by atoms with E-state index in [1.807, 2.05) is 0 Å². The second-order valence-corrected chi connectivity index (χ2v) is 7.70. The van der Waals surface area contributed by atoms with Crippen molar-refractivity contribution >= 4 is 28.5 Å². The number of ether oxygens (including phenoxy) is 1. The van der Waals surface area contributed by atoms with Crippen LogP contribution in [0, 0.1) is 11.7 Å². The van der Waals surface area contributed by atoms with Gasteiger partial charge in [-0.15, -0.1) is 0 Å². The molecule has 6 nitrogen and oxygen atoms in total. The van der Waals surface area contributed by atoms with E-state index >= 15 is 0 Å². The largest absolute Gasteiger partial charge is 0.379 e. The van der Waals surface area contributed by atoms with Gasteiger partial charge in [-0.25, -0.2) is 13.8 Å². The zero-order chi connectivity index (χ0) is 19.7. The third kappa shape index (κ3) is 3.24. The zero-order valence-electron chi connectivity index (χ0n) is 14.8. The van der Waals surface area contributed by atoms with E-state index in [9.17, 15) is 13.6 Å². The topological polar surface area (TPSA) is 89.6 Å². The van der Waals surface area contributed by atoms with Gasteiger partial charge < -0.3 is 15.8 Å². The summed E-state index contributed by atoms with van der Waals surface area (Å²) in [7, 11) is 0. The molecule has 9 heteroatoms. The van der Waals surface area contributed by atoms with Crippen molar-refractivity contribution < 1.29 is 18.3 Å². The molecule has 0 saturated carbocycles. The minimum Gasteiger partial charge on any atom is -0.379 e. The van der Waals surface area contributed by atoms with Crippen molar-refractivity contribution in [2.45, 2.75) is 11.6 Å². The molecule has 1 aromatic heterocycles. The molecular formula is C19H18F2N4O2S. The third-order valence-electron chi connectivity index (χ3n) is 5.04. The molecule has 2 aliphatic heterocycles. The first-order valence-corrected chi connectivity index (χ1v) is 9.70. The van der Waals surface area contributed by atoms with Gasteiger partial charge in [0.15, 0.2) is 5.17 Å². The summed E-state index contributed by atoms with van der Waals surface area (Å²) in [6, 6.07) is 9.21. The van der Waals surface area contributed by atoms with Gasteiger partial charge >= 0.3 is 0 Å². The highest BCUT2D eigenvalue weighted by molar-refractivity contribution is 8.13. The molecule has 2 aromatic rings. The lowest BCUT2D eigenvalue weighted by Gasteiger charge is -2.35. The Balaban J connectivity index is 1.70. The lowest BCUT2D eigenvalue weighted by molar-refractivity contribution is 0.0721. The fourth-order valence-electron chi connectivity index (χ4n) is 3.65. The summed E-state index contributed by atoms with van der Waals surface area (Å²) in [6.07, 6.45) is 0.842. The number of nitrogens with zero attached hydrogens (tertiary/aromatic N) is 2. The fraction of sp³-hybridized carbons (Fsp3) is 0.316. The van der Waals surface area contributed by atoms with Crippen molar-refractivity contribution in [3.05, 3.63) is 59.7 Å². The van der Waals surface area contributed by atoms with Crippen LogP contribution in [0.25, 0.3) is 0 Å². The molecule has 1 amide bonds. The molecule has 3 heterocycles. The molecule has 1 aromatic carbocycles. The van der Waals surface area contributed by atoms with Crippen molar-refractivity contribution in [3.63, 3.8) is 0 Å². The Kier molecular flexibility index (Phi) is 5.03. The van der Waals surface area contributed by atoms with E-state index in [-0.39, 0.29) is 23.8 Å². The van der Waals surface area contributed by atoms with Crippen LogP contribution in [0.2, 0.25) is 0 Å². The number of aliphatic imine (C=N–C) groups is 1. The number of thioether (sulfide) groups is 1. The Morgan fingerprint density at radius 2 is 2.25 bits per heavy atom. The third-order valence-corrected chi connectivity index (χ3v) is 5.95. The molecule has 4 rings (SSSR count). The number of amides is 1. The second kappa shape index (κ2) is 7.48. The van der Waals surface area contributed by atoms with Crippen molar-refractivity contribution in [1.29, 1.82) is 0 Å². The van der Waals surface area contributed by atoms with Crippen molar-refractivity contribution in [2.75, 3.05) is 24.4 Å². The van der Waals surface area contributed by atoms with E-state index in [1.165, 1.54) is 36.2 Å². The van der Waals surface area contributed by atoms with E-state index in [0.29, 0.717) is 16.6 Å². The highest BCUT2D eigenvalue weighted by atomic mass is 32.2. The number of amidine groups is 1. The zero-order valence-corrected chi connectivity index (χ0v) is 15.6. The van der Waals surface area contributed by atoms with E-state index in [1.54, 1.807) is 18.2 Å². The lowest BCUT2D eigenvalue weighted by Crippen LogP contribution is -2.42. The van der Waals surface area contributed by atoms with Crippen LogP contribution in [0.1, 0.15) is 16.1 Å². The number of halogens is 2. The van der Waals surface area contributed by atoms with Crippen molar-refractivity contribution in [3.8, 4) is 0 Å². The predicted octanol–water partition coefficient (Wildman–Crippen LogP) is 2.71. The van der Waals surface area contributed by atoms with Crippen LogP contribution < -0.4 is 11.1 Å². The van der Waals surface area contributed by atoms with E-state index in [0.717, 1.165) is 0 Å². The molecule has 0 aliphatic carbocycles. The molecule has 0 bridgehead atoms. The number of anilines is 1. The number of hydrogen-bond acceptors (Lipinski definition) is 6. The first-order chi connectivity index (χ1) is 13.5. The monoisotopic (exact) mass is 404 g/mol. The normalized spacial score (nSPS) is 26.4. The maximum absolute atomic E-state index is 14.8. The Labute approximate surface area is 164 Å². The molecule has 3 N–H and O–H groups in total. The summed E-state index contributed by atoms with van der Waals surface area (Å²) in [5, 5.41) is 3.02. The van der Waals surface area contributed by atoms with Gasteiger partial charge in [0, 0.05) is 29.1 Å². The maximum atomic E-state index is 14.8. The number of benzene rings is 1. The summed E-state index contributed by atoms with van der Waals surface area (Å²) >= 11 is 1.31. The van der Waals surface area contributed by atoms with Crippen molar-refractivity contribution in [2.24, 2.45) is 16.6 Å². The highest BCUT2D eigenvalue weighted by Crippen LogP contribution is 2.48. The minimum absolute atomic E-state index is 0.0298. The van der Waals surface area contributed by atoms with Gasteiger partial charge in [0.25, 0.3) is 5.91 Å². The number of carbonyl (C=O) groups is 1. The molecule has 3 atom stereocenters. The Morgan fingerprint density at radius 3 is 3.00 bits per heavy atom. The quantitative estimate of drug-likeness (QED) is 0.818. The SMILES string of the molecule is NC1=NC2(c3cc(NC(=O)c4ccccn4)ccc3F)COC(CF)C2CS1. The van der Waals surface area contributed by atoms with Crippen molar-refractivity contribution in [1.82, 2.24) is 4.98 Å². The number of nitrogens with two attached hydrogens (primary N) is 1. The van der Waals surface area contributed by atoms with Crippen LogP contribution in [-0.2, 0) is 10.3 Å². The molecule has 0 radical (unpaired) electrons. The minimum atomic E-state index is -1.11. The summed E-state index contributed by atoms with van der Waals surface area (Å²) in [4.78, 5) is 20.9. The molecule has 0 spiro atoms. The summed E-state index contributed by atoms with van der Waals surface area (Å²) in [5.74, 6) is -0.800. The van der Waals surface area contributed by atoms with Gasteiger partial charge in [0.1, 0.15) is 23.7 Å². The number of hydrogen-bond donors (Lipinski definition) is 2. The lowest BCUT2D eigenvalue weighted by atomic mass is 9.79. The molecule has 3 unspecified atom stereocenters. The number of rotatable bonds is 4. The number of carbonyl (C=O) groups excluding carboxylic acids is 1. The van der Waals surface area contributed by atoms with Gasteiger partial charge in [-0.2, -0.15) is 0 Å². The van der Waals surface area contributed by atoms with Gasteiger partial charge in [-0.05, 0) is 30.3 Å². The van der Waals surface area contributed by atoms with E-state index in [2.05, 4.69) is 15.3 Å². The summed E-state index contributed by atoms with van der Waals surface area (Å²) < 4.78 is 33.8. The van der Waals surface area contributed by atoms with E-state index in [4.69, 9.17) is 10.5 Å². The van der Waals surface area contributed by atoms with Crippen LogP contribution in [0.4, 0.5) is 14.5 Å². The fourth-order valence-corrected chi connectivity index (χ4v) is 4.71.